The number of benzene rings is 1. The first-order valence-corrected chi connectivity index (χ1v) is 11.7. The van der Waals surface area contributed by atoms with Crippen molar-refractivity contribution in [1.29, 1.82) is 0 Å². The first kappa shape index (κ1) is 25.8. The molecular weight excluding hydrogens is 483 g/mol. The first-order chi connectivity index (χ1) is 16.9. The number of likely N-dealkylation sites (tertiary alicyclic amines) is 1. The number of halogens is 3. The van der Waals surface area contributed by atoms with Crippen LogP contribution in [0, 0.1) is 23.2 Å². The number of carbonyl (C=O) groups is 4. The zero-order valence-electron chi connectivity index (χ0n) is 19.8. The molecule has 196 valence electrons. The highest BCUT2D eigenvalue weighted by Crippen LogP contribution is 2.64. The summed E-state index contributed by atoms with van der Waals surface area (Å²) < 4.78 is 46.2. The number of amides is 3. The van der Waals surface area contributed by atoms with Crippen LogP contribution < -0.4 is 20.1 Å². The second kappa shape index (κ2) is 9.62. The molecule has 1 aromatic rings. The van der Waals surface area contributed by atoms with Gasteiger partial charge in [0.2, 0.25) is 11.8 Å². The first-order valence-electron chi connectivity index (χ1n) is 11.7. The highest BCUT2D eigenvalue weighted by atomic mass is 19.4. The molecule has 36 heavy (non-hydrogen) atoms. The van der Waals surface area contributed by atoms with Crippen molar-refractivity contribution in [3.63, 3.8) is 0 Å². The maximum atomic E-state index is 13.2. The molecular formula is C24H28F3N3O6. The summed E-state index contributed by atoms with van der Waals surface area (Å²) in [6, 6.07) is 3.00. The summed E-state index contributed by atoms with van der Waals surface area (Å²) in [6.45, 7) is 4.51. The number of rotatable bonds is 9. The van der Waals surface area contributed by atoms with E-state index in [4.69, 9.17) is 4.74 Å². The highest BCUT2D eigenvalue weighted by Gasteiger charge is 2.69. The number of carbonyl (C=O) groups excluding carboxylic acids is 4. The van der Waals surface area contributed by atoms with E-state index in [0.29, 0.717) is 25.8 Å². The normalized spacial score (nSPS) is 27.0. The molecule has 0 spiro atoms. The van der Waals surface area contributed by atoms with E-state index in [1.165, 1.54) is 17.0 Å². The molecule has 2 heterocycles. The van der Waals surface area contributed by atoms with Gasteiger partial charge in [-0.1, -0.05) is 13.8 Å². The molecule has 3 fully saturated rings. The van der Waals surface area contributed by atoms with Crippen molar-refractivity contribution in [2.75, 3.05) is 19.7 Å². The Morgan fingerprint density at radius 1 is 1.25 bits per heavy atom. The van der Waals surface area contributed by atoms with Gasteiger partial charge >= 0.3 is 6.36 Å². The minimum absolute atomic E-state index is 0.0812. The van der Waals surface area contributed by atoms with Crippen LogP contribution >= 0.6 is 0 Å². The minimum atomic E-state index is -4.81. The fourth-order valence-electron chi connectivity index (χ4n) is 5.40. The van der Waals surface area contributed by atoms with Gasteiger partial charge < -0.3 is 29.8 Å². The summed E-state index contributed by atoms with van der Waals surface area (Å²) >= 11 is 0. The van der Waals surface area contributed by atoms with E-state index in [0.717, 1.165) is 12.1 Å². The summed E-state index contributed by atoms with van der Waals surface area (Å²) in [5, 5.41) is 5.41. The molecule has 12 heteroatoms. The van der Waals surface area contributed by atoms with Gasteiger partial charge in [-0.3, -0.25) is 14.4 Å². The molecule has 0 unspecified atom stereocenters. The standard InChI is InChI=1S/C24H28F3N3O6/c1-23(2)17-10-30(18(32)12-35-15-3-5-16(6-4-15)36-24(25,26)27)20(19(17)23)22(34)29-14(11-31)9-13-7-8-28-21(13)33/h3-6,11,13-14,17,19-20H,7-10,12H2,1-2H3,(H,28,33)(H,29,34)/t13-,14-,17-,19-,20-/m0/s1. The molecule has 1 aromatic carbocycles. The average Bonchev–Trinajstić information content (AvgIpc) is 3.16. The number of ether oxygens (including phenoxy) is 2. The number of nitrogens with one attached hydrogen (secondary N) is 2. The number of alkyl halides is 3. The van der Waals surface area contributed by atoms with E-state index in [2.05, 4.69) is 15.4 Å². The number of hydrogen-bond acceptors (Lipinski definition) is 6. The molecule has 1 aliphatic carbocycles. The third kappa shape index (κ3) is 5.41. The number of aldehydes is 1. The van der Waals surface area contributed by atoms with Gasteiger partial charge in [-0.15, -0.1) is 13.2 Å². The molecule has 0 bridgehead atoms. The van der Waals surface area contributed by atoms with Gasteiger partial charge in [-0.2, -0.15) is 0 Å². The molecule has 0 radical (unpaired) electrons. The topological polar surface area (TPSA) is 114 Å². The van der Waals surface area contributed by atoms with E-state index in [1.54, 1.807) is 0 Å². The van der Waals surface area contributed by atoms with E-state index in [-0.39, 0.29) is 41.2 Å². The van der Waals surface area contributed by atoms with Crippen LogP contribution in [0.1, 0.15) is 26.7 Å². The fraction of sp³-hybridized carbons (Fsp3) is 0.583. The van der Waals surface area contributed by atoms with Crippen LogP contribution in [0.25, 0.3) is 0 Å². The van der Waals surface area contributed by atoms with Crippen LogP contribution in [0.5, 0.6) is 11.5 Å². The Morgan fingerprint density at radius 3 is 2.50 bits per heavy atom. The van der Waals surface area contributed by atoms with Gasteiger partial charge in [0.1, 0.15) is 23.8 Å². The molecule has 2 saturated heterocycles. The number of nitrogens with zero attached hydrogens (tertiary/aromatic N) is 1. The lowest BCUT2D eigenvalue weighted by Crippen LogP contribution is -2.53. The molecule has 1 saturated carbocycles. The summed E-state index contributed by atoms with van der Waals surface area (Å²) in [5.74, 6) is -1.62. The van der Waals surface area contributed by atoms with E-state index < -0.39 is 42.6 Å². The monoisotopic (exact) mass is 511 g/mol. The number of piperidine rings is 1. The molecule has 4 rings (SSSR count). The van der Waals surface area contributed by atoms with Gasteiger partial charge in [-0.25, -0.2) is 0 Å². The zero-order chi connectivity index (χ0) is 26.3. The maximum absolute atomic E-state index is 13.2. The van der Waals surface area contributed by atoms with Gasteiger partial charge in [0, 0.05) is 19.0 Å². The van der Waals surface area contributed by atoms with Crippen molar-refractivity contribution < 1.29 is 41.8 Å². The number of hydrogen-bond donors (Lipinski definition) is 2. The minimum Gasteiger partial charge on any atom is -0.484 e. The van der Waals surface area contributed by atoms with Crippen molar-refractivity contribution in [2.24, 2.45) is 23.2 Å². The predicted octanol–water partition coefficient (Wildman–Crippen LogP) is 1.66. The van der Waals surface area contributed by atoms with E-state index in [9.17, 15) is 32.3 Å². The van der Waals surface area contributed by atoms with Gasteiger partial charge in [0.15, 0.2) is 6.61 Å². The average molecular weight is 511 g/mol. The van der Waals surface area contributed by atoms with E-state index in [1.807, 2.05) is 13.8 Å². The van der Waals surface area contributed by atoms with Gasteiger partial charge in [0.05, 0.1) is 6.04 Å². The SMILES string of the molecule is CC1(C)[C@@H]2[C@@H](C(=O)N[C@H](C=O)C[C@@H]3CCNC3=O)N(C(=O)COc3ccc(OC(F)(F)F)cc3)C[C@@H]21. The van der Waals surface area contributed by atoms with Gasteiger partial charge in [0.25, 0.3) is 5.91 Å². The smallest absolute Gasteiger partial charge is 0.484 e. The van der Waals surface area contributed by atoms with Crippen LogP contribution in [-0.4, -0.2) is 67.1 Å². The lowest BCUT2D eigenvalue weighted by Gasteiger charge is -2.31. The Balaban J connectivity index is 1.37. The predicted molar refractivity (Wildman–Crippen MR) is 119 cm³/mol. The Morgan fingerprint density at radius 2 is 1.92 bits per heavy atom. The summed E-state index contributed by atoms with van der Waals surface area (Å²) in [5.41, 5.74) is -0.143. The van der Waals surface area contributed by atoms with E-state index >= 15 is 0 Å². The second-order valence-electron chi connectivity index (χ2n) is 10.0. The second-order valence-corrected chi connectivity index (χ2v) is 10.0. The molecule has 0 aromatic heterocycles. The van der Waals surface area contributed by atoms with Crippen molar-refractivity contribution in [1.82, 2.24) is 15.5 Å². The summed E-state index contributed by atoms with van der Waals surface area (Å²) in [6.07, 6.45) is -3.43. The third-order valence-electron chi connectivity index (χ3n) is 7.41. The van der Waals surface area contributed by atoms with Crippen LogP contribution in [0.4, 0.5) is 13.2 Å². The Bertz CT molecular complexity index is 1030. The van der Waals surface area contributed by atoms with Crippen molar-refractivity contribution in [3.8, 4) is 11.5 Å². The fourth-order valence-corrected chi connectivity index (χ4v) is 5.40. The van der Waals surface area contributed by atoms with Crippen LogP contribution in [0.3, 0.4) is 0 Å². The summed E-state index contributed by atoms with van der Waals surface area (Å²) in [4.78, 5) is 51.1. The molecule has 3 aliphatic rings. The van der Waals surface area contributed by atoms with Crippen LogP contribution in [0.2, 0.25) is 0 Å². The Hall–Kier alpha value is -3.31. The van der Waals surface area contributed by atoms with Crippen molar-refractivity contribution >= 4 is 24.0 Å². The lowest BCUT2D eigenvalue weighted by molar-refractivity contribution is -0.274. The molecule has 3 amide bonds. The summed E-state index contributed by atoms with van der Waals surface area (Å²) in [7, 11) is 0. The van der Waals surface area contributed by atoms with Crippen LogP contribution in [0.15, 0.2) is 24.3 Å². The quantitative estimate of drug-likeness (QED) is 0.488. The largest absolute Gasteiger partial charge is 0.573 e. The Labute approximate surface area is 205 Å². The Kier molecular flexibility index (Phi) is 6.89. The molecule has 5 atom stereocenters. The molecule has 2 N–H and O–H groups in total. The number of fused-ring (bicyclic) bond motifs is 1. The van der Waals surface area contributed by atoms with Crippen LogP contribution in [-0.2, 0) is 19.2 Å². The molecule has 2 aliphatic heterocycles. The maximum Gasteiger partial charge on any atom is 0.573 e. The zero-order valence-corrected chi connectivity index (χ0v) is 19.8. The highest BCUT2D eigenvalue weighted by molar-refractivity contribution is 5.91. The third-order valence-corrected chi connectivity index (χ3v) is 7.41. The van der Waals surface area contributed by atoms with Crippen molar-refractivity contribution in [2.45, 2.75) is 45.1 Å². The molecule has 9 nitrogen and oxygen atoms in total. The van der Waals surface area contributed by atoms with Crippen molar-refractivity contribution in [3.05, 3.63) is 24.3 Å². The van der Waals surface area contributed by atoms with Gasteiger partial charge in [-0.05, 0) is 54.4 Å². The lowest BCUT2D eigenvalue weighted by atomic mass is 9.97.